The van der Waals surface area contributed by atoms with Gasteiger partial charge in [0.1, 0.15) is 18.2 Å². The van der Waals surface area contributed by atoms with Crippen molar-refractivity contribution in [3.05, 3.63) is 59.4 Å². The number of anilines is 1. The van der Waals surface area contributed by atoms with Crippen LogP contribution in [0.2, 0.25) is 0 Å². The summed E-state index contributed by atoms with van der Waals surface area (Å²) in [5, 5.41) is 0. The van der Waals surface area contributed by atoms with E-state index in [0.29, 0.717) is 11.3 Å². The Balaban J connectivity index is 2.16. The molecule has 0 aliphatic carbocycles. The number of halogens is 1. The van der Waals surface area contributed by atoms with E-state index < -0.39 is 0 Å². The van der Waals surface area contributed by atoms with Gasteiger partial charge >= 0.3 is 0 Å². The van der Waals surface area contributed by atoms with Gasteiger partial charge in [0, 0.05) is 11.3 Å². The Labute approximate surface area is 119 Å². The minimum Gasteiger partial charge on any atom is -0.489 e. The molecule has 2 aromatic carbocycles. The SMILES string of the molecule is CC(C)(C)c1cccc(OCc2c(N)cccc2F)c1. The number of hydrogen-bond acceptors (Lipinski definition) is 2. The molecule has 0 unspecified atom stereocenters. The summed E-state index contributed by atoms with van der Waals surface area (Å²) in [6.07, 6.45) is 0. The zero-order valence-corrected chi connectivity index (χ0v) is 12.1. The van der Waals surface area contributed by atoms with Crippen molar-refractivity contribution in [2.45, 2.75) is 32.8 Å². The lowest BCUT2D eigenvalue weighted by molar-refractivity contribution is 0.300. The summed E-state index contributed by atoms with van der Waals surface area (Å²) in [6, 6.07) is 12.5. The Bertz CT molecular complexity index is 582. The summed E-state index contributed by atoms with van der Waals surface area (Å²) >= 11 is 0. The van der Waals surface area contributed by atoms with E-state index in [1.165, 1.54) is 11.6 Å². The molecule has 2 rings (SSSR count). The lowest BCUT2D eigenvalue weighted by atomic mass is 9.87. The molecular weight excluding hydrogens is 253 g/mol. The van der Waals surface area contributed by atoms with E-state index in [1.54, 1.807) is 12.1 Å². The molecule has 106 valence electrons. The van der Waals surface area contributed by atoms with Crippen molar-refractivity contribution in [3.63, 3.8) is 0 Å². The van der Waals surface area contributed by atoms with Crippen LogP contribution in [0.3, 0.4) is 0 Å². The summed E-state index contributed by atoms with van der Waals surface area (Å²) in [4.78, 5) is 0. The van der Waals surface area contributed by atoms with Crippen LogP contribution in [0.15, 0.2) is 42.5 Å². The second-order valence-electron chi connectivity index (χ2n) is 5.87. The van der Waals surface area contributed by atoms with Crippen molar-refractivity contribution in [1.82, 2.24) is 0 Å². The highest BCUT2D eigenvalue weighted by Crippen LogP contribution is 2.26. The molecule has 0 spiro atoms. The maximum atomic E-state index is 13.7. The third-order valence-corrected chi connectivity index (χ3v) is 3.24. The van der Waals surface area contributed by atoms with E-state index in [2.05, 4.69) is 26.8 Å². The Morgan fingerprint density at radius 1 is 1.10 bits per heavy atom. The fraction of sp³-hybridized carbons (Fsp3) is 0.294. The zero-order valence-electron chi connectivity index (χ0n) is 12.1. The highest BCUT2D eigenvalue weighted by molar-refractivity contribution is 5.47. The van der Waals surface area contributed by atoms with Gasteiger partial charge in [0.2, 0.25) is 0 Å². The largest absolute Gasteiger partial charge is 0.489 e. The smallest absolute Gasteiger partial charge is 0.131 e. The van der Waals surface area contributed by atoms with E-state index >= 15 is 0 Å². The van der Waals surface area contributed by atoms with Crippen LogP contribution in [0, 0.1) is 5.82 Å². The van der Waals surface area contributed by atoms with Crippen LogP contribution < -0.4 is 10.5 Å². The standard InChI is InChI=1S/C17H20FNO/c1-17(2,3)12-6-4-7-13(10-12)20-11-14-15(18)8-5-9-16(14)19/h4-10H,11,19H2,1-3H3. The molecule has 0 amide bonds. The highest BCUT2D eigenvalue weighted by Gasteiger charge is 2.14. The molecule has 0 saturated carbocycles. The van der Waals surface area contributed by atoms with Crippen LogP contribution in [0.1, 0.15) is 31.9 Å². The zero-order chi connectivity index (χ0) is 14.8. The summed E-state index contributed by atoms with van der Waals surface area (Å²) in [6.45, 7) is 6.55. The second kappa shape index (κ2) is 5.53. The monoisotopic (exact) mass is 273 g/mol. The first kappa shape index (κ1) is 14.4. The van der Waals surface area contributed by atoms with E-state index in [4.69, 9.17) is 10.5 Å². The van der Waals surface area contributed by atoms with Gasteiger partial charge in [0.05, 0.1) is 0 Å². The van der Waals surface area contributed by atoms with Crippen molar-refractivity contribution < 1.29 is 9.13 Å². The molecule has 0 saturated heterocycles. The van der Waals surface area contributed by atoms with Gasteiger partial charge in [-0.1, -0.05) is 39.0 Å². The molecule has 2 aromatic rings. The lowest BCUT2D eigenvalue weighted by Gasteiger charge is -2.20. The van der Waals surface area contributed by atoms with Gasteiger partial charge in [-0.3, -0.25) is 0 Å². The molecule has 20 heavy (non-hydrogen) atoms. The summed E-state index contributed by atoms with van der Waals surface area (Å²) in [5.74, 6) is 0.386. The second-order valence-corrected chi connectivity index (χ2v) is 5.87. The average Bonchev–Trinajstić information content (AvgIpc) is 2.37. The number of rotatable bonds is 3. The van der Waals surface area contributed by atoms with Crippen LogP contribution in [0.5, 0.6) is 5.75 Å². The minimum absolute atomic E-state index is 0.0520. The van der Waals surface area contributed by atoms with Gasteiger partial charge < -0.3 is 10.5 Å². The van der Waals surface area contributed by atoms with Crippen LogP contribution >= 0.6 is 0 Å². The first-order valence-electron chi connectivity index (χ1n) is 6.64. The molecule has 0 aromatic heterocycles. The minimum atomic E-state index is -0.336. The van der Waals surface area contributed by atoms with Crippen molar-refractivity contribution in [1.29, 1.82) is 0 Å². The highest BCUT2D eigenvalue weighted by atomic mass is 19.1. The van der Waals surface area contributed by atoms with Gasteiger partial charge in [-0.2, -0.15) is 0 Å². The van der Waals surface area contributed by atoms with Crippen LogP contribution in [-0.2, 0) is 12.0 Å². The van der Waals surface area contributed by atoms with Crippen LogP contribution in [-0.4, -0.2) is 0 Å². The summed E-state index contributed by atoms with van der Waals surface area (Å²) in [7, 11) is 0. The van der Waals surface area contributed by atoms with E-state index in [1.807, 2.05) is 18.2 Å². The molecule has 2 nitrogen and oxygen atoms in total. The lowest BCUT2D eigenvalue weighted by Crippen LogP contribution is -2.11. The third kappa shape index (κ3) is 3.29. The Kier molecular flexibility index (Phi) is 3.98. The van der Waals surface area contributed by atoms with Gasteiger partial charge in [0.15, 0.2) is 0 Å². The molecule has 0 fully saturated rings. The van der Waals surface area contributed by atoms with Gasteiger partial charge in [-0.25, -0.2) is 4.39 Å². The molecule has 0 radical (unpaired) electrons. The number of nitrogen functional groups attached to an aromatic ring is 1. The normalized spacial score (nSPS) is 11.4. The maximum Gasteiger partial charge on any atom is 0.131 e. The third-order valence-electron chi connectivity index (χ3n) is 3.24. The molecule has 0 heterocycles. The number of nitrogens with two attached hydrogens (primary N) is 1. The van der Waals surface area contributed by atoms with Crippen molar-refractivity contribution in [2.24, 2.45) is 0 Å². The van der Waals surface area contributed by atoms with Gasteiger partial charge in [-0.05, 0) is 35.2 Å². The van der Waals surface area contributed by atoms with E-state index in [0.717, 1.165) is 5.75 Å². The molecule has 0 aliphatic rings. The molecule has 0 aliphatic heterocycles. The number of hydrogen-bond donors (Lipinski definition) is 1. The Morgan fingerprint density at radius 2 is 1.80 bits per heavy atom. The number of ether oxygens (including phenoxy) is 1. The van der Waals surface area contributed by atoms with Gasteiger partial charge in [-0.15, -0.1) is 0 Å². The fourth-order valence-electron chi connectivity index (χ4n) is 1.94. The van der Waals surface area contributed by atoms with E-state index in [9.17, 15) is 4.39 Å². The number of benzene rings is 2. The maximum absolute atomic E-state index is 13.7. The van der Waals surface area contributed by atoms with Crippen molar-refractivity contribution >= 4 is 5.69 Å². The van der Waals surface area contributed by atoms with Gasteiger partial charge in [0.25, 0.3) is 0 Å². The Hall–Kier alpha value is -2.03. The Morgan fingerprint density at radius 3 is 2.45 bits per heavy atom. The molecule has 0 bridgehead atoms. The van der Waals surface area contributed by atoms with E-state index in [-0.39, 0.29) is 17.8 Å². The predicted molar refractivity (Wildman–Crippen MR) is 80.3 cm³/mol. The van der Waals surface area contributed by atoms with Crippen molar-refractivity contribution in [3.8, 4) is 5.75 Å². The summed E-state index contributed by atoms with van der Waals surface area (Å²) < 4.78 is 19.3. The molecule has 3 heteroatoms. The average molecular weight is 273 g/mol. The van der Waals surface area contributed by atoms with Crippen LogP contribution in [0.25, 0.3) is 0 Å². The predicted octanol–water partition coefficient (Wildman–Crippen LogP) is 4.28. The topological polar surface area (TPSA) is 35.2 Å². The summed E-state index contributed by atoms with van der Waals surface area (Å²) in [5.41, 5.74) is 7.80. The first-order valence-corrected chi connectivity index (χ1v) is 6.64. The van der Waals surface area contributed by atoms with Crippen molar-refractivity contribution in [2.75, 3.05) is 5.73 Å². The quantitative estimate of drug-likeness (QED) is 0.847. The molecule has 0 atom stereocenters. The van der Waals surface area contributed by atoms with Crippen LogP contribution in [0.4, 0.5) is 10.1 Å². The fourth-order valence-corrected chi connectivity index (χ4v) is 1.94. The molecular formula is C17H20FNO. The molecule has 2 N–H and O–H groups in total. The first-order chi connectivity index (χ1) is 9.38.